The Balaban J connectivity index is 1.82. The van der Waals surface area contributed by atoms with Crippen molar-refractivity contribution >= 4 is 17.3 Å². The third kappa shape index (κ3) is 2.06. The molecule has 3 heteroatoms. The van der Waals surface area contributed by atoms with Gasteiger partial charge in [-0.2, -0.15) is 0 Å². The maximum absolute atomic E-state index is 13.6. The molecule has 21 heavy (non-hydrogen) atoms. The second-order valence-corrected chi connectivity index (χ2v) is 6.14. The molecule has 1 N–H and O–H groups in total. The van der Waals surface area contributed by atoms with E-state index in [4.69, 9.17) is 11.6 Å². The number of halogens is 2. The van der Waals surface area contributed by atoms with E-state index in [-0.39, 0.29) is 17.8 Å². The van der Waals surface area contributed by atoms with Crippen molar-refractivity contribution in [1.82, 2.24) is 0 Å². The summed E-state index contributed by atoms with van der Waals surface area (Å²) in [6, 6.07) is 13.1. The Labute approximate surface area is 128 Å². The third-order valence-corrected chi connectivity index (χ3v) is 4.91. The number of rotatable bonds is 1. The molecule has 0 radical (unpaired) electrons. The zero-order valence-electron chi connectivity index (χ0n) is 11.4. The van der Waals surface area contributed by atoms with Gasteiger partial charge in [0.1, 0.15) is 5.82 Å². The second-order valence-electron chi connectivity index (χ2n) is 5.73. The number of nitrogens with one attached hydrogen (secondary N) is 1. The Kier molecular flexibility index (Phi) is 3.00. The number of allylic oxidation sites excluding steroid dienone is 2. The first-order chi connectivity index (χ1) is 10.2. The summed E-state index contributed by atoms with van der Waals surface area (Å²) in [5.41, 5.74) is 3.18. The molecule has 0 bridgehead atoms. The largest absolute Gasteiger partial charge is 0.378 e. The van der Waals surface area contributed by atoms with Crippen molar-refractivity contribution in [3.05, 3.63) is 76.6 Å². The van der Waals surface area contributed by atoms with Crippen molar-refractivity contribution in [1.29, 1.82) is 0 Å². The lowest BCUT2D eigenvalue weighted by atomic mass is 9.77. The molecular formula is C18H15ClFN. The summed E-state index contributed by atoms with van der Waals surface area (Å²) in [5.74, 6) is 0.475. The molecule has 1 aliphatic heterocycles. The highest BCUT2D eigenvalue weighted by Gasteiger charge is 2.38. The van der Waals surface area contributed by atoms with Crippen LogP contribution < -0.4 is 5.32 Å². The molecule has 2 aliphatic rings. The Morgan fingerprint density at radius 2 is 1.95 bits per heavy atom. The smallest absolute Gasteiger partial charge is 0.123 e. The van der Waals surface area contributed by atoms with Crippen molar-refractivity contribution in [2.45, 2.75) is 18.4 Å². The highest BCUT2D eigenvalue weighted by molar-refractivity contribution is 6.31. The van der Waals surface area contributed by atoms with Crippen LogP contribution in [0.15, 0.2) is 54.6 Å². The first-order valence-corrected chi connectivity index (χ1v) is 7.59. The summed E-state index contributed by atoms with van der Waals surface area (Å²) >= 11 is 6.38. The molecule has 0 saturated heterocycles. The van der Waals surface area contributed by atoms with Gasteiger partial charge in [0.05, 0.1) is 6.04 Å². The van der Waals surface area contributed by atoms with E-state index in [1.807, 2.05) is 24.3 Å². The van der Waals surface area contributed by atoms with Gasteiger partial charge in [0, 0.05) is 16.6 Å². The van der Waals surface area contributed by atoms with E-state index in [0.717, 1.165) is 28.3 Å². The summed E-state index contributed by atoms with van der Waals surface area (Å²) in [6.45, 7) is 0. The minimum atomic E-state index is -0.175. The molecule has 0 aromatic heterocycles. The van der Waals surface area contributed by atoms with Gasteiger partial charge in [-0.15, -0.1) is 0 Å². The lowest BCUT2D eigenvalue weighted by Crippen LogP contribution is -2.29. The van der Waals surface area contributed by atoms with Crippen molar-refractivity contribution in [2.24, 2.45) is 5.92 Å². The van der Waals surface area contributed by atoms with Gasteiger partial charge >= 0.3 is 0 Å². The lowest BCUT2D eigenvalue weighted by molar-refractivity contribution is 0.424. The molecular weight excluding hydrogens is 285 g/mol. The van der Waals surface area contributed by atoms with Crippen molar-refractivity contribution < 1.29 is 4.39 Å². The van der Waals surface area contributed by atoms with Crippen LogP contribution in [-0.4, -0.2) is 0 Å². The van der Waals surface area contributed by atoms with Gasteiger partial charge in [-0.05, 0) is 47.7 Å². The van der Waals surface area contributed by atoms with E-state index in [0.29, 0.717) is 5.92 Å². The molecule has 4 rings (SSSR count). The molecule has 0 fully saturated rings. The van der Waals surface area contributed by atoms with E-state index in [1.165, 1.54) is 6.07 Å². The molecule has 106 valence electrons. The van der Waals surface area contributed by atoms with Crippen molar-refractivity contribution in [3.8, 4) is 0 Å². The van der Waals surface area contributed by atoms with Crippen LogP contribution in [0.2, 0.25) is 5.02 Å². The van der Waals surface area contributed by atoms with Gasteiger partial charge in [0.25, 0.3) is 0 Å². The molecule has 2 aromatic carbocycles. The summed E-state index contributed by atoms with van der Waals surface area (Å²) in [6.07, 6.45) is 5.39. The van der Waals surface area contributed by atoms with Gasteiger partial charge in [0.2, 0.25) is 0 Å². The molecule has 2 aromatic rings. The fraction of sp³-hybridized carbons (Fsp3) is 0.222. The quantitative estimate of drug-likeness (QED) is 0.704. The molecule has 3 atom stereocenters. The Morgan fingerprint density at radius 1 is 1.10 bits per heavy atom. The maximum Gasteiger partial charge on any atom is 0.123 e. The van der Waals surface area contributed by atoms with Crippen LogP contribution in [0.1, 0.15) is 29.5 Å². The standard InChI is InChI=1S/C18H15ClFN/c19-16-7-2-1-4-14(16)18-13-6-3-5-12(13)15-10-11(20)8-9-17(15)21-18/h1-5,7-10,12-13,18,21H,6H2/t12?,13?,18-/m0/s1. The van der Waals surface area contributed by atoms with E-state index >= 15 is 0 Å². The van der Waals surface area contributed by atoms with E-state index in [9.17, 15) is 4.39 Å². The highest BCUT2D eigenvalue weighted by Crippen LogP contribution is 2.50. The maximum atomic E-state index is 13.6. The van der Waals surface area contributed by atoms with Crippen LogP contribution in [-0.2, 0) is 0 Å². The van der Waals surface area contributed by atoms with E-state index in [1.54, 1.807) is 6.07 Å². The van der Waals surface area contributed by atoms with Crippen LogP contribution >= 0.6 is 11.6 Å². The summed E-state index contributed by atoms with van der Waals surface area (Å²) in [5, 5.41) is 4.35. The first kappa shape index (κ1) is 12.9. The normalized spacial score (nSPS) is 26.1. The number of benzene rings is 2. The molecule has 1 aliphatic carbocycles. The van der Waals surface area contributed by atoms with Crippen LogP contribution in [0.4, 0.5) is 10.1 Å². The van der Waals surface area contributed by atoms with Crippen molar-refractivity contribution in [2.75, 3.05) is 5.32 Å². The van der Waals surface area contributed by atoms with Crippen molar-refractivity contribution in [3.63, 3.8) is 0 Å². The third-order valence-electron chi connectivity index (χ3n) is 4.57. The van der Waals surface area contributed by atoms with Crippen LogP contribution in [0.5, 0.6) is 0 Å². The second kappa shape index (κ2) is 4.88. The summed E-state index contributed by atoms with van der Waals surface area (Å²) < 4.78 is 13.6. The van der Waals surface area contributed by atoms with E-state index < -0.39 is 0 Å². The Bertz CT molecular complexity index is 725. The lowest BCUT2D eigenvalue weighted by Gasteiger charge is -2.37. The van der Waals surface area contributed by atoms with Crippen LogP contribution in [0, 0.1) is 11.7 Å². The number of anilines is 1. The topological polar surface area (TPSA) is 12.0 Å². The molecule has 1 nitrogen and oxygen atoms in total. The fourth-order valence-electron chi connectivity index (χ4n) is 3.60. The molecule has 0 amide bonds. The van der Waals surface area contributed by atoms with Crippen LogP contribution in [0.25, 0.3) is 0 Å². The monoisotopic (exact) mass is 299 g/mol. The molecule has 2 unspecified atom stereocenters. The van der Waals surface area contributed by atoms with Gasteiger partial charge in [-0.25, -0.2) is 4.39 Å². The average Bonchev–Trinajstić information content (AvgIpc) is 2.97. The zero-order valence-corrected chi connectivity index (χ0v) is 12.1. The SMILES string of the molecule is Fc1ccc2c(c1)C1C=CCC1[C@@H](c1ccccc1Cl)N2. The van der Waals surface area contributed by atoms with Crippen LogP contribution in [0.3, 0.4) is 0 Å². The molecule has 0 spiro atoms. The number of fused-ring (bicyclic) bond motifs is 3. The number of hydrogen-bond donors (Lipinski definition) is 1. The van der Waals surface area contributed by atoms with E-state index in [2.05, 4.69) is 23.5 Å². The Morgan fingerprint density at radius 3 is 2.81 bits per heavy atom. The minimum Gasteiger partial charge on any atom is -0.378 e. The molecule has 1 heterocycles. The summed E-state index contributed by atoms with van der Waals surface area (Å²) in [4.78, 5) is 0. The average molecular weight is 300 g/mol. The minimum absolute atomic E-state index is 0.164. The highest BCUT2D eigenvalue weighted by atomic mass is 35.5. The molecule has 0 saturated carbocycles. The van der Waals surface area contributed by atoms with Gasteiger partial charge in [-0.1, -0.05) is 42.0 Å². The first-order valence-electron chi connectivity index (χ1n) is 7.21. The van der Waals surface area contributed by atoms with Gasteiger partial charge < -0.3 is 5.32 Å². The van der Waals surface area contributed by atoms with Gasteiger partial charge in [0.15, 0.2) is 0 Å². The fourth-order valence-corrected chi connectivity index (χ4v) is 3.85. The summed E-state index contributed by atoms with van der Waals surface area (Å²) in [7, 11) is 0. The predicted molar refractivity (Wildman–Crippen MR) is 84.2 cm³/mol. The number of hydrogen-bond acceptors (Lipinski definition) is 1. The Hall–Kier alpha value is -1.80. The van der Waals surface area contributed by atoms with Gasteiger partial charge in [-0.3, -0.25) is 0 Å². The zero-order chi connectivity index (χ0) is 14.4. The predicted octanol–water partition coefficient (Wildman–Crippen LogP) is 5.31.